The van der Waals surface area contributed by atoms with Crippen LogP contribution in [-0.4, -0.2) is 30.6 Å². The minimum Gasteiger partial charge on any atom is -0.315 e. The lowest BCUT2D eigenvalue weighted by atomic mass is 9.91. The van der Waals surface area contributed by atoms with E-state index >= 15 is 0 Å². The van der Waals surface area contributed by atoms with E-state index in [4.69, 9.17) is 0 Å². The van der Waals surface area contributed by atoms with Crippen molar-refractivity contribution < 1.29 is 0 Å². The van der Waals surface area contributed by atoms with E-state index in [1.54, 1.807) is 0 Å². The van der Waals surface area contributed by atoms with Crippen LogP contribution < -0.4 is 5.32 Å². The van der Waals surface area contributed by atoms with Gasteiger partial charge in [-0.3, -0.25) is 4.90 Å². The molecule has 0 radical (unpaired) electrons. The fourth-order valence-electron chi connectivity index (χ4n) is 3.28. The molecule has 1 aromatic rings. The van der Waals surface area contributed by atoms with Gasteiger partial charge in [0.05, 0.1) is 0 Å². The van der Waals surface area contributed by atoms with Crippen molar-refractivity contribution in [3.8, 4) is 0 Å². The third kappa shape index (κ3) is 1.81. The third-order valence-electron chi connectivity index (χ3n) is 4.17. The molecule has 2 nitrogen and oxygen atoms in total. The minimum absolute atomic E-state index is 0.604. The summed E-state index contributed by atoms with van der Waals surface area (Å²) in [6, 6.07) is 5.84. The van der Waals surface area contributed by atoms with Gasteiger partial charge in [-0.1, -0.05) is 6.07 Å². The SMILES string of the molecule is CC(c1cccs1)N1CCCC2CNCC21. The summed E-state index contributed by atoms with van der Waals surface area (Å²) in [5.41, 5.74) is 0. The van der Waals surface area contributed by atoms with Crippen LogP contribution in [0.3, 0.4) is 0 Å². The predicted octanol–water partition coefficient (Wildman–Crippen LogP) is 2.49. The number of nitrogens with zero attached hydrogens (tertiary/aromatic N) is 1. The highest BCUT2D eigenvalue weighted by molar-refractivity contribution is 7.10. The van der Waals surface area contributed by atoms with Crippen LogP contribution in [0.25, 0.3) is 0 Å². The Kier molecular flexibility index (Phi) is 3.01. The van der Waals surface area contributed by atoms with Crippen LogP contribution in [0.2, 0.25) is 0 Å². The summed E-state index contributed by atoms with van der Waals surface area (Å²) >= 11 is 1.90. The van der Waals surface area contributed by atoms with Crippen molar-refractivity contribution in [3.63, 3.8) is 0 Å². The third-order valence-corrected chi connectivity index (χ3v) is 5.22. The topological polar surface area (TPSA) is 15.3 Å². The number of likely N-dealkylation sites (tertiary alicyclic amines) is 1. The van der Waals surface area contributed by atoms with E-state index in [2.05, 4.69) is 34.7 Å². The number of fused-ring (bicyclic) bond motifs is 1. The van der Waals surface area contributed by atoms with E-state index in [1.165, 1.54) is 37.4 Å². The second-order valence-electron chi connectivity index (χ2n) is 5.06. The van der Waals surface area contributed by atoms with Crippen LogP contribution in [0.15, 0.2) is 17.5 Å². The maximum Gasteiger partial charge on any atom is 0.0416 e. The molecule has 0 bridgehead atoms. The Balaban J connectivity index is 1.78. The molecule has 0 saturated carbocycles. The van der Waals surface area contributed by atoms with Crippen molar-refractivity contribution in [1.82, 2.24) is 10.2 Å². The molecule has 16 heavy (non-hydrogen) atoms. The van der Waals surface area contributed by atoms with Gasteiger partial charge in [-0.2, -0.15) is 0 Å². The lowest BCUT2D eigenvalue weighted by molar-refractivity contribution is 0.0863. The average Bonchev–Trinajstić information content (AvgIpc) is 2.98. The molecule has 3 heteroatoms. The van der Waals surface area contributed by atoms with Gasteiger partial charge in [0.15, 0.2) is 0 Å². The van der Waals surface area contributed by atoms with Gasteiger partial charge < -0.3 is 5.32 Å². The highest BCUT2D eigenvalue weighted by Crippen LogP contribution is 2.34. The van der Waals surface area contributed by atoms with Crippen molar-refractivity contribution >= 4 is 11.3 Å². The van der Waals surface area contributed by atoms with Gasteiger partial charge in [0.2, 0.25) is 0 Å². The zero-order valence-electron chi connectivity index (χ0n) is 9.86. The maximum atomic E-state index is 3.56. The molecular weight excluding hydrogens is 216 g/mol. The molecule has 3 heterocycles. The van der Waals surface area contributed by atoms with E-state index < -0.39 is 0 Å². The highest BCUT2D eigenvalue weighted by Gasteiger charge is 2.37. The van der Waals surface area contributed by atoms with Gasteiger partial charge in [-0.15, -0.1) is 11.3 Å². The normalized spacial score (nSPS) is 32.6. The molecule has 0 aromatic carbocycles. The monoisotopic (exact) mass is 236 g/mol. The van der Waals surface area contributed by atoms with E-state index in [0.717, 1.165) is 12.0 Å². The van der Waals surface area contributed by atoms with Crippen molar-refractivity contribution in [2.24, 2.45) is 5.92 Å². The summed E-state index contributed by atoms with van der Waals surface area (Å²) in [7, 11) is 0. The summed E-state index contributed by atoms with van der Waals surface area (Å²) in [6.45, 7) is 6.08. The van der Waals surface area contributed by atoms with Gasteiger partial charge in [-0.25, -0.2) is 0 Å². The number of rotatable bonds is 2. The zero-order valence-corrected chi connectivity index (χ0v) is 10.7. The van der Waals surface area contributed by atoms with Crippen molar-refractivity contribution in [2.45, 2.75) is 31.8 Å². The van der Waals surface area contributed by atoms with Gasteiger partial charge in [0.25, 0.3) is 0 Å². The Bertz CT molecular complexity index is 336. The predicted molar refractivity (Wildman–Crippen MR) is 68.8 cm³/mol. The molecule has 3 atom stereocenters. The van der Waals surface area contributed by atoms with Gasteiger partial charge in [0.1, 0.15) is 0 Å². The lowest BCUT2D eigenvalue weighted by Gasteiger charge is -2.40. The summed E-state index contributed by atoms with van der Waals surface area (Å²) < 4.78 is 0. The first-order chi connectivity index (χ1) is 7.86. The van der Waals surface area contributed by atoms with Crippen LogP contribution in [0.5, 0.6) is 0 Å². The van der Waals surface area contributed by atoms with Crippen LogP contribution in [0.1, 0.15) is 30.7 Å². The van der Waals surface area contributed by atoms with E-state index in [1.807, 2.05) is 11.3 Å². The van der Waals surface area contributed by atoms with Crippen LogP contribution in [0.4, 0.5) is 0 Å². The zero-order chi connectivity index (χ0) is 11.0. The van der Waals surface area contributed by atoms with Gasteiger partial charge in [-0.05, 0) is 50.2 Å². The Hall–Kier alpha value is -0.380. The summed E-state index contributed by atoms with van der Waals surface area (Å²) in [6.07, 6.45) is 2.80. The van der Waals surface area contributed by atoms with Gasteiger partial charge >= 0.3 is 0 Å². The largest absolute Gasteiger partial charge is 0.315 e. The van der Waals surface area contributed by atoms with Crippen molar-refractivity contribution in [3.05, 3.63) is 22.4 Å². The average molecular weight is 236 g/mol. The lowest BCUT2D eigenvalue weighted by Crippen LogP contribution is -2.45. The molecule has 2 aliphatic heterocycles. The molecule has 0 aliphatic carbocycles. The highest BCUT2D eigenvalue weighted by atomic mass is 32.1. The number of piperidine rings is 1. The Labute approximate surface area is 102 Å². The molecule has 3 unspecified atom stereocenters. The fraction of sp³-hybridized carbons (Fsp3) is 0.692. The molecule has 0 amide bonds. The Morgan fingerprint density at radius 3 is 3.25 bits per heavy atom. The molecular formula is C13H20N2S. The molecule has 2 saturated heterocycles. The Morgan fingerprint density at radius 2 is 2.44 bits per heavy atom. The molecule has 3 rings (SSSR count). The first-order valence-corrected chi connectivity index (χ1v) is 7.24. The first kappa shape index (κ1) is 10.8. The molecule has 0 spiro atoms. The number of nitrogens with one attached hydrogen (secondary N) is 1. The van der Waals surface area contributed by atoms with Crippen LogP contribution in [0, 0.1) is 5.92 Å². The van der Waals surface area contributed by atoms with Crippen molar-refractivity contribution in [2.75, 3.05) is 19.6 Å². The quantitative estimate of drug-likeness (QED) is 0.848. The molecule has 2 fully saturated rings. The summed E-state index contributed by atoms with van der Waals surface area (Å²) in [5, 5.41) is 5.75. The number of thiophene rings is 1. The smallest absolute Gasteiger partial charge is 0.0416 e. The van der Waals surface area contributed by atoms with Crippen molar-refractivity contribution in [1.29, 1.82) is 0 Å². The fourth-order valence-corrected chi connectivity index (χ4v) is 4.08. The molecule has 1 N–H and O–H groups in total. The standard InChI is InChI=1S/C13H20N2S/c1-10(13-5-3-7-16-13)15-6-2-4-11-8-14-9-12(11)15/h3,5,7,10-12,14H,2,4,6,8-9H2,1H3. The van der Waals surface area contributed by atoms with E-state index in [9.17, 15) is 0 Å². The van der Waals surface area contributed by atoms with E-state index in [-0.39, 0.29) is 0 Å². The molecule has 1 aromatic heterocycles. The first-order valence-electron chi connectivity index (χ1n) is 6.36. The van der Waals surface area contributed by atoms with Crippen LogP contribution >= 0.6 is 11.3 Å². The summed E-state index contributed by atoms with van der Waals surface area (Å²) in [4.78, 5) is 4.24. The Morgan fingerprint density at radius 1 is 1.50 bits per heavy atom. The molecule has 88 valence electrons. The second kappa shape index (κ2) is 4.47. The van der Waals surface area contributed by atoms with Crippen LogP contribution in [-0.2, 0) is 0 Å². The summed E-state index contributed by atoms with van der Waals surface area (Å²) in [5.74, 6) is 0.899. The van der Waals surface area contributed by atoms with Gasteiger partial charge in [0, 0.05) is 23.5 Å². The number of hydrogen-bond acceptors (Lipinski definition) is 3. The van der Waals surface area contributed by atoms with E-state index in [0.29, 0.717) is 6.04 Å². The second-order valence-corrected chi connectivity index (χ2v) is 6.04. The minimum atomic E-state index is 0.604. The maximum absolute atomic E-state index is 3.56. The number of hydrogen-bond donors (Lipinski definition) is 1. The molecule has 2 aliphatic rings.